The van der Waals surface area contributed by atoms with E-state index in [-0.39, 0.29) is 42.3 Å². The molecule has 8 nitrogen and oxygen atoms in total. The van der Waals surface area contributed by atoms with Crippen LogP contribution in [0.15, 0.2) is 42.6 Å². The van der Waals surface area contributed by atoms with Gasteiger partial charge in [-0.2, -0.15) is 0 Å². The Morgan fingerprint density at radius 1 is 1.32 bits per heavy atom. The number of likely N-dealkylation sites (N-methyl/N-ethyl adjacent to an activating group) is 1. The molecule has 0 fully saturated rings. The molecule has 1 aromatic carbocycles. The first kappa shape index (κ1) is 25.2. The molecule has 0 aliphatic carbocycles. The number of hydrogen-bond donors (Lipinski definition) is 2. The Labute approximate surface area is 200 Å². The fraction of sp³-hybridized carbons (Fsp3) is 0.423. The van der Waals surface area contributed by atoms with Gasteiger partial charge in [0.05, 0.1) is 19.2 Å². The van der Waals surface area contributed by atoms with E-state index in [0.29, 0.717) is 17.7 Å². The first-order valence-electron chi connectivity index (χ1n) is 11.3. The highest BCUT2D eigenvalue weighted by atomic mass is 16.5. The minimum atomic E-state index is -0.817. The third kappa shape index (κ3) is 5.93. The van der Waals surface area contributed by atoms with Crippen molar-refractivity contribution in [3.63, 3.8) is 0 Å². The maximum absolute atomic E-state index is 13.4. The standard InChI is InChI=1S/C26H31N3O5/c1-17-14-29(18(2)16-30)26(33)22-12-20(11-10-19(3)31)13-27-24(22)34-23(17)15-28(4)25(32)21-8-6-5-7-9-21/h5-9,12-13,17-19,23,30-31H,14-16H2,1-4H3/t17-,18+,19-,23-/m1/s1. The van der Waals surface area contributed by atoms with Crippen LogP contribution in [0.1, 0.15) is 47.1 Å². The van der Waals surface area contributed by atoms with Crippen molar-refractivity contribution in [2.45, 2.75) is 39.0 Å². The Hall–Kier alpha value is -3.41. The van der Waals surface area contributed by atoms with Crippen LogP contribution in [0, 0.1) is 17.8 Å². The number of hydrogen-bond acceptors (Lipinski definition) is 6. The highest BCUT2D eigenvalue weighted by molar-refractivity contribution is 5.97. The van der Waals surface area contributed by atoms with Crippen LogP contribution < -0.4 is 4.74 Å². The smallest absolute Gasteiger partial charge is 0.259 e. The molecule has 2 aromatic rings. The van der Waals surface area contributed by atoms with Crippen LogP contribution in [0.5, 0.6) is 5.88 Å². The molecule has 2 amide bonds. The Morgan fingerprint density at radius 3 is 2.68 bits per heavy atom. The molecule has 0 bridgehead atoms. The third-order valence-electron chi connectivity index (χ3n) is 5.77. The first-order chi connectivity index (χ1) is 16.2. The molecule has 0 saturated heterocycles. The van der Waals surface area contributed by atoms with E-state index < -0.39 is 18.2 Å². The molecule has 180 valence electrons. The van der Waals surface area contributed by atoms with Crippen LogP contribution in [-0.2, 0) is 0 Å². The average Bonchev–Trinajstić information content (AvgIpc) is 2.84. The molecule has 2 heterocycles. The number of aliphatic hydroxyl groups excluding tert-OH is 2. The molecule has 0 unspecified atom stereocenters. The zero-order valence-corrected chi connectivity index (χ0v) is 19.9. The van der Waals surface area contributed by atoms with Gasteiger partial charge in [-0.25, -0.2) is 4.98 Å². The largest absolute Gasteiger partial charge is 0.472 e. The highest BCUT2D eigenvalue weighted by Gasteiger charge is 2.34. The average molecular weight is 466 g/mol. The third-order valence-corrected chi connectivity index (χ3v) is 5.77. The molecule has 0 saturated carbocycles. The van der Waals surface area contributed by atoms with E-state index in [0.717, 1.165) is 0 Å². The summed E-state index contributed by atoms with van der Waals surface area (Å²) in [6.45, 7) is 5.70. The lowest BCUT2D eigenvalue weighted by atomic mass is 9.99. The summed E-state index contributed by atoms with van der Waals surface area (Å²) in [5.74, 6) is 5.00. The van der Waals surface area contributed by atoms with Crippen LogP contribution in [0.4, 0.5) is 0 Å². The summed E-state index contributed by atoms with van der Waals surface area (Å²) in [7, 11) is 1.71. The van der Waals surface area contributed by atoms with Crippen LogP contribution in [0.25, 0.3) is 0 Å². The van der Waals surface area contributed by atoms with Gasteiger partial charge in [-0.05, 0) is 32.0 Å². The summed E-state index contributed by atoms with van der Waals surface area (Å²) < 4.78 is 6.21. The van der Waals surface area contributed by atoms with Crippen LogP contribution in [-0.4, -0.2) is 81.8 Å². The molecule has 2 N–H and O–H groups in total. The predicted octanol–water partition coefficient (Wildman–Crippen LogP) is 1.81. The summed E-state index contributed by atoms with van der Waals surface area (Å²) in [6, 6.07) is 10.2. The molecule has 34 heavy (non-hydrogen) atoms. The number of aromatic nitrogens is 1. The molecule has 0 spiro atoms. The van der Waals surface area contributed by atoms with Gasteiger partial charge in [0.25, 0.3) is 11.8 Å². The van der Waals surface area contributed by atoms with Gasteiger partial charge in [0, 0.05) is 36.8 Å². The van der Waals surface area contributed by atoms with E-state index in [9.17, 15) is 19.8 Å². The van der Waals surface area contributed by atoms with Gasteiger partial charge in [0.2, 0.25) is 5.88 Å². The topological polar surface area (TPSA) is 103 Å². The first-order valence-corrected chi connectivity index (χ1v) is 11.3. The van der Waals surface area contributed by atoms with E-state index in [1.807, 2.05) is 25.1 Å². The Morgan fingerprint density at radius 2 is 2.03 bits per heavy atom. The quantitative estimate of drug-likeness (QED) is 0.653. The van der Waals surface area contributed by atoms with E-state index >= 15 is 0 Å². The van der Waals surface area contributed by atoms with Crippen molar-refractivity contribution in [3.8, 4) is 17.7 Å². The Balaban J connectivity index is 1.95. The van der Waals surface area contributed by atoms with Crippen molar-refractivity contribution in [1.29, 1.82) is 0 Å². The lowest BCUT2D eigenvalue weighted by Crippen LogP contribution is -2.50. The molecular formula is C26H31N3O5. The highest BCUT2D eigenvalue weighted by Crippen LogP contribution is 2.27. The lowest BCUT2D eigenvalue weighted by molar-refractivity contribution is 0.0313. The molecule has 1 aromatic heterocycles. The van der Waals surface area contributed by atoms with E-state index in [4.69, 9.17) is 4.74 Å². The number of carbonyl (C=O) groups is 2. The van der Waals surface area contributed by atoms with Crippen molar-refractivity contribution in [3.05, 3.63) is 59.3 Å². The van der Waals surface area contributed by atoms with Crippen LogP contribution in [0.3, 0.4) is 0 Å². The number of ether oxygens (including phenoxy) is 1. The molecule has 1 aliphatic heterocycles. The fourth-order valence-corrected chi connectivity index (χ4v) is 3.73. The molecule has 8 heteroatoms. The monoisotopic (exact) mass is 465 g/mol. The van der Waals surface area contributed by atoms with Gasteiger partial charge in [-0.3, -0.25) is 9.59 Å². The van der Waals surface area contributed by atoms with Gasteiger partial charge < -0.3 is 24.7 Å². The number of nitrogens with zero attached hydrogens (tertiary/aromatic N) is 3. The normalized spacial score (nSPS) is 19.5. The maximum atomic E-state index is 13.4. The second-order valence-corrected chi connectivity index (χ2v) is 8.70. The van der Waals surface area contributed by atoms with Crippen molar-refractivity contribution in [2.24, 2.45) is 5.92 Å². The van der Waals surface area contributed by atoms with Crippen molar-refractivity contribution in [1.82, 2.24) is 14.8 Å². The second-order valence-electron chi connectivity index (χ2n) is 8.70. The predicted molar refractivity (Wildman–Crippen MR) is 127 cm³/mol. The molecule has 3 rings (SSSR count). The van der Waals surface area contributed by atoms with Gasteiger partial charge in [-0.1, -0.05) is 37.0 Å². The van der Waals surface area contributed by atoms with Gasteiger partial charge >= 0.3 is 0 Å². The molecular weight excluding hydrogens is 434 g/mol. The minimum Gasteiger partial charge on any atom is -0.472 e. The number of benzene rings is 1. The number of aliphatic hydroxyl groups is 2. The van der Waals surface area contributed by atoms with Crippen LogP contribution in [0.2, 0.25) is 0 Å². The number of fused-ring (bicyclic) bond motifs is 1. The molecule has 1 aliphatic rings. The minimum absolute atomic E-state index is 0.132. The second kappa shape index (κ2) is 11.1. The number of amides is 2. The number of carbonyl (C=O) groups excluding carboxylic acids is 2. The summed E-state index contributed by atoms with van der Waals surface area (Å²) in [5.41, 5.74) is 1.27. The van der Waals surface area contributed by atoms with Crippen molar-refractivity contribution >= 4 is 11.8 Å². The van der Waals surface area contributed by atoms with E-state index in [1.165, 1.54) is 6.20 Å². The van der Waals surface area contributed by atoms with E-state index in [2.05, 4.69) is 16.8 Å². The Bertz CT molecular complexity index is 1080. The molecule has 4 atom stereocenters. The summed E-state index contributed by atoms with van der Waals surface area (Å²) >= 11 is 0. The SMILES string of the molecule is C[C@@H]1CN([C@@H](C)CO)C(=O)c2cc(C#C[C@@H](C)O)cnc2O[C@@H]1CN(C)C(=O)c1ccccc1. The summed E-state index contributed by atoms with van der Waals surface area (Å²) in [5, 5.41) is 19.2. The summed E-state index contributed by atoms with van der Waals surface area (Å²) in [4.78, 5) is 33.8. The zero-order chi connectivity index (χ0) is 24.8. The number of pyridine rings is 1. The lowest BCUT2D eigenvalue weighted by Gasteiger charge is -2.37. The van der Waals surface area contributed by atoms with Gasteiger partial charge in [0.1, 0.15) is 17.8 Å². The van der Waals surface area contributed by atoms with Crippen LogP contribution >= 0.6 is 0 Å². The fourth-order valence-electron chi connectivity index (χ4n) is 3.73. The zero-order valence-electron chi connectivity index (χ0n) is 19.9. The van der Waals surface area contributed by atoms with E-state index in [1.54, 1.807) is 48.9 Å². The van der Waals surface area contributed by atoms with Gasteiger partial charge in [0.15, 0.2) is 0 Å². The Kier molecular flexibility index (Phi) is 8.26. The van der Waals surface area contributed by atoms with Crippen molar-refractivity contribution in [2.75, 3.05) is 26.7 Å². The van der Waals surface area contributed by atoms with Crippen molar-refractivity contribution < 1.29 is 24.5 Å². The molecule has 0 radical (unpaired) electrons. The number of rotatable bonds is 5. The van der Waals surface area contributed by atoms with Gasteiger partial charge in [-0.15, -0.1) is 0 Å². The summed E-state index contributed by atoms with van der Waals surface area (Å²) in [6.07, 6.45) is 0.228. The maximum Gasteiger partial charge on any atom is 0.259 e.